The van der Waals surface area contributed by atoms with Gasteiger partial charge in [-0.1, -0.05) is 12.5 Å². The molecule has 82 valence electrons. The van der Waals surface area contributed by atoms with Gasteiger partial charge < -0.3 is 5.73 Å². The number of halogens is 3. The fourth-order valence-electron chi connectivity index (χ4n) is 2.12. The van der Waals surface area contributed by atoms with Gasteiger partial charge in [0.15, 0.2) is 0 Å². The Hall–Kier alpha value is -0.480. The Balaban J connectivity index is 2.49. The molecule has 0 aromatic heterocycles. The van der Waals surface area contributed by atoms with Crippen molar-refractivity contribution < 1.29 is 8.78 Å². The molecule has 1 aromatic carbocycles. The zero-order valence-corrected chi connectivity index (χ0v) is 9.78. The first-order valence-corrected chi connectivity index (χ1v) is 5.74. The molecular weight excluding hydrogens is 264 g/mol. The quantitative estimate of drug-likeness (QED) is 0.825. The monoisotopic (exact) mass is 275 g/mol. The van der Waals surface area contributed by atoms with Gasteiger partial charge in [-0.2, -0.15) is 0 Å². The Morgan fingerprint density at radius 3 is 2.47 bits per heavy atom. The fraction of sp³-hybridized carbons (Fsp3) is 0.455. The number of hydrogen-bond acceptors (Lipinski definition) is 1. The van der Waals surface area contributed by atoms with Crippen molar-refractivity contribution in [2.24, 2.45) is 5.73 Å². The van der Waals surface area contributed by atoms with Crippen molar-refractivity contribution in [2.45, 2.75) is 24.7 Å². The fourth-order valence-corrected chi connectivity index (χ4v) is 2.47. The van der Waals surface area contributed by atoms with E-state index < -0.39 is 11.6 Å². The predicted molar refractivity (Wildman–Crippen MR) is 58.6 cm³/mol. The normalized spacial score (nSPS) is 18.7. The van der Waals surface area contributed by atoms with E-state index in [4.69, 9.17) is 5.73 Å². The molecule has 0 heterocycles. The van der Waals surface area contributed by atoms with Gasteiger partial charge in [0.1, 0.15) is 11.6 Å². The summed E-state index contributed by atoms with van der Waals surface area (Å²) in [5.74, 6) is -1.07. The first-order valence-electron chi connectivity index (χ1n) is 4.95. The van der Waals surface area contributed by atoms with Crippen molar-refractivity contribution >= 4 is 15.9 Å². The van der Waals surface area contributed by atoms with E-state index >= 15 is 0 Å². The molecule has 1 fully saturated rings. The molecule has 1 saturated carbocycles. The Labute approximate surface area is 95.8 Å². The Morgan fingerprint density at radius 1 is 1.33 bits per heavy atom. The second kappa shape index (κ2) is 3.83. The third-order valence-electron chi connectivity index (χ3n) is 3.31. The molecule has 1 aromatic rings. The van der Waals surface area contributed by atoms with Gasteiger partial charge in [-0.25, -0.2) is 8.78 Å². The van der Waals surface area contributed by atoms with E-state index in [1.54, 1.807) is 0 Å². The highest BCUT2D eigenvalue weighted by molar-refractivity contribution is 9.10. The van der Waals surface area contributed by atoms with Crippen molar-refractivity contribution in [1.29, 1.82) is 0 Å². The molecule has 0 atom stereocenters. The van der Waals surface area contributed by atoms with Gasteiger partial charge in [0.2, 0.25) is 0 Å². The lowest BCUT2D eigenvalue weighted by atomic mass is 9.64. The average Bonchev–Trinajstić information content (AvgIpc) is 2.17. The first-order chi connectivity index (χ1) is 7.10. The molecule has 1 aliphatic rings. The lowest BCUT2D eigenvalue weighted by Gasteiger charge is -2.41. The summed E-state index contributed by atoms with van der Waals surface area (Å²) < 4.78 is 26.8. The lowest BCUT2D eigenvalue weighted by molar-refractivity contribution is 0.244. The van der Waals surface area contributed by atoms with E-state index in [9.17, 15) is 8.78 Å². The van der Waals surface area contributed by atoms with Gasteiger partial charge in [-0.3, -0.25) is 0 Å². The Morgan fingerprint density at radius 2 is 2.00 bits per heavy atom. The maximum absolute atomic E-state index is 13.8. The third-order valence-corrected chi connectivity index (χ3v) is 4.03. The maximum atomic E-state index is 13.8. The second-order valence-corrected chi connectivity index (χ2v) is 4.85. The standard InChI is InChI=1S/C11H12BrF2N/c12-9-8(13)3-2-7(10(9)14)11(6-15)4-1-5-11/h2-3H,1,4-6,15H2. The van der Waals surface area contributed by atoms with E-state index in [1.807, 2.05) is 0 Å². The summed E-state index contributed by atoms with van der Waals surface area (Å²) in [6, 6.07) is 2.81. The van der Waals surface area contributed by atoms with Crippen LogP contribution in [0, 0.1) is 11.6 Å². The number of hydrogen-bond donors (Lipinski definition) is 1. The van der Waals surface area contributed by atoms with E-state index in [2.05, 4.69) is 15.9 Å². The molecule has 1 aliphatic carbocycles. The van der Waals surface area contributed by atoms with Crippen LogP contribution in [0.4, 0.5) is 8.78 Å². The number of rotatable bonds is 2. The molecule has 0 aliphatic heterocycles. The zero-order valence-electron chi connectivity index (χ0n) is 8.19. The Kier molecular flexibility index (Phi) is 2.81. The van der Waals surface area contributed by atoms with Gasteiger partial charge in [-0.15, -0.1) is 0 Å². The molecule has 15 heavy (non-hydrogen) atoms. The summed E-state index contributed by atoms with van der Waals surface area (Å²) in [7, 11) is 0. The zero-order chi connectivity index (χ0) is 11.1. The predicted octanol–water partition coefficient (Wildman–Crippen LogP) is 3.11. The Bertz CT molecular complexity index is 383. The minimum atomic E-state index is -0.567. The molecule has 2 rings (SSSR count). The third kappa shape index (κ3) is 1.60. The SMILES string of the molecule is NCC1(c2ccc(F)c(Br)c2F)CCC1. The molecule has 0 amide bonds. The second-order valence-electron chi connectivity index (χ2n) is 4.06. The van der Waals surface area contributed by atoms with Crippen LogP contribution in [0.3, 0.4) is 0 Å². The molecule has 0 spiro atoms. The van der Waals surface area contributed by atoms with Gasteiger partial charge in [0.25, 0.3) is 0 Å². The molecule has 0 bridgehead atoms. The van der Waals surface area contributed by atoms with Crippen molar-refractivity contribution in [1.82, 2.24) is 0 Å². The van der Waals surface area contributed by atoms with Crippen molar-refractivity contribution in [3.8, 4) is 0 Å². The van der Waals surface area contributed by atoms with Crippen molar-refractivity contribution in [2.75, 3.05) is 6.54 Å². The molecule has 0 saturated heterocycles. The molecule has 0 radical (unpaired) electrons. The molecule has 4 heteroatoms. The molecule has 0 unspecified atom stereocenters. The van der Waals surface area contributed by atoms with Crippen LogP contribution in [0.25, 0.3) is 0 Å². The number of benzene rings is 1. The summed E-state index contributed by atoms with van der Waals surface area (Å²) in [5.41, 5.74) is 5.96. The van der Waals surface area contributed by atoms with Crippen molar-refractivity contribution in [3.05, 3.63) is 33.8 Å². The van der Waals surface area contributed by atoms with E-state index in [0.717, 1.165) is 19.3 Å². The topological polar surface area (TPSA) is 26.0 Å². The summed E-state index contributed by atoms with van der Waals surface area (Å²) >= 11 is 2.91. The minimum absolute atomic E-state index is 0.0836. The summed E-state index contributed by atoms with van der Waals surface area (Å²) in [4.78, 5) is 0. The molecule has 2 N–H and O–H groups in total. The van der Waals surface area contributed by atoms with Crippen LogP contribution in [-0.2, 0) is 5.41 Å². The lowest BCUT2D eigenvalue weighted by Crippen LogP contribution is -2.42. The maximum Gasteiger partial charge on any atom is 0.144 e. The average molecular weight is 276 g/mol. The smallest absolute Gasteiger partial charge is 0.144 e. The van der Waals surface area contributed by atoms with Gasteiger partial charge in [0.05, 0.1) is 4.47 Å². The molecular formula is C11H12BrF2N. The van der Waals surface area contributed by atoms with Gasteiger partial charge in [0, 0.05) is 12.0 Å². The van der Waals surface area contributed by atoms with Crippen LogP contribution in [-0.4, -0.2) is 6.54 Å². The summed E-state index contributed by atoms with van der Waals surface area (Å²) in [6.45, 7) is 0.419. The van der Waals surface area contributed by atoms with Crippen molar-refractivity contribution in [3.63, 3.8) is 0 Å². The van der Waals surface area contributed by atoms with E-state index in [-0.39, 0.29) is 9.89 Å². The van der Waals surface area contributed by atoms with Crippen LogP contribution in [0.5, 0.6) is 0 Å². The highest BCUT2D eigenvalue weighted by atomic mass is 79.9. The van der Waals surface area contributed by atoms with Crippen LogP contribution >= 0.6 is 15.9 Å². The van der Waals surface area contributed by atoms with Crippen LogP contribution in [0.2, 0.25) is 0 Å². The molecule has 1 nitrogen and oxygen atoms in total. The highest BCUT2D eigenvalue weighted by Crippen LogP contribution is 2.45. The van der Waals surface area contributed by atoms with E-state index in [1.165, 1.54) is 12.1 Å². The minimum Gasteiger partial charge on any atom is -0.330 e. The van der Waals surface area contributed by atoms with Crippen LogP contribution in [0.15, 0.2) is 16.6 Å². The summed E-state index contributed by atoms with van der Waals surface area (Å²) in [6.07, 6.45) is 2.84. The largest absolute Gasteiger partial charge is 0.330 e. The van der Waals surface area contributed by atoms with E-state index in [0.29, 0.717) is 12.1 Å². The van der Waals surface area contributed by atoms with Gasteiger partial charge in [-0.05, 0) is 40.4 Å². The number of nitrogens with two attached hydrogens (primary N) is 1. The van der Waals surface area contributed by atoms with Crippen LogP contribution in [0.1, 0.15) is 24.8 Å². The highest BCUT2D eigenvalue weighted by Gasteiger charge is 2.39. The van der Waals surface area contributed by atoms with Gasteiger partial charge >= 0.3 is 0 Å². The van der Waals surface area contributed by atoms with Crippen LogP contribution < -0.4 is 5.73 Å². The first kappa shape index (κ1) is 11.0. The summed E-state index contributed by atoms with van der Waals surface area (Å²) in [5, 5.41) is 0.